The van der Waals surface area contributed by atoms with Gasteiger partial charge in [0.2, 0.25) is 0 Å². The minimum absolute atomic E-state index is 0.874. The highest BCUT2D eigenvalue weighted by Crippen LogP contribution is 1.88. The molecule has 108 valence electrons. The lowest BCUT2D eigenvalue weighted by Gasteiger charge is -2.13. The summed E-state index contributed by atoms with van der Waals surface area (Å²) in [6.45, 7) is 3.85. The first-order chi connectivity index (χ1) is 9.22. The van der Waals surface area contributed by atoms with Crippen LogP contribution in [0.3, 0.4) is 0 Å². The molecule has 1 heterocycles. The van der Waals surface area contributed by atoms with Crippen LogP contribution in [0.5, 0.6) is 0 Å². The van der Waals surface area contributed by atoms with Crippen molar-refractivity contribution in [3.63, 3.8) is 0 Å². The third kappa shape index (κ3) is 7.46. The van der Waals surface area contributed by atoms with Gasteiger partial charge in [0.25, 0.3) is 0 Å². The Morgan fingerprint density at radius 1 is 1.26 bits per heavy atom. The molecule has 0 aliphatic rings. The molecule has 0 aliphatic heterocycles. The molecule has 1 aromatic heterocycles. The normalized spacial score (nSPS) is 11.9. The molecule has 6 nitrogen and oxygen atoms in total. The van der Waals surface area contributed by atoms with Gasteiger partial charge in [0, 0.05) is 39.1 Å². The summed E-state index contributed by atoms with van der Waals surface area (Å²) >= 11 is 0. The van der Waals surface area contributed by atoms with Crippen LogP contribution in [-0.2, 0) is 6.54 Å². The maximum absolute atomic E-state index is 4.20. The minimum Gasteiger partial charge on any atom is -0.356 e. The van der Waals surface area contributed by atoms with Crippen molar-refractivity contribution in [1.82, 2.24) is 25.3 Å². The van der Waals surface area contributed by atoms with E-state index in [9.17, 15) is 0 Å². The SMILES string of the molecule is CN=C(NCCCN(C)C)NCCCn1cccn1. The Balaban J connectivity index is 2.05. The Bertz CT molecular complexity index is 344. The summed E-state index contributed by atoms with van der Waals surface area (Å²) in [7, 11) is 5.97. The van der Waals surface area contributed by atoms with Crippen molar-refractivity contribution in [2.45, 2.75) is 19.4 Å². The first-order valence-electron chi connectivity index (χ1n) is 6.79. The van der Waals surface area contributed by atoms with Crippen molar-refractivity contribution in [3.05, 3.63) is 18.5 Å². The molecule has 19 heavy (non-hydrogen) atoms. The number of hydrogen-bond donors (Lipinski definition) is 2. The number of aryl methyl sites for hydroxylation is 1. The molecule has 0 bridgehead atoms. The number of aromatic nitrogens is 2. The van der Waals surface area contributed by atoms with Crippen molar-refractivity contribution >= 4 is 5.96 Å². The molecule has 0 saturated carbocycles. The van der Waals surface area contributed by atoms with E-state index < -0.39 is 0 Å². The fourth-order valence-electron chi connectivity index (χ4n) is 1.70. The zero-order valence-electron chi connectivity index (χ0n) is 12.3. The van der Waals surface area contributed by atoms with Crippen LogP contribution in [0.25, 0.3) is 0 Å². The van der Waals surface area contributed by atoms with Crippen LogP contribution in [0, 0.1) is 0 Å². The molecular weight excluding hydrogens is 240 g/mol. The van der Waals surface area contributed by atoms with Crippen LogP contribution < -0.4 is 10.6 Å². The lowest BCUT2D eigenvalue weighted by molar-refractivity contribution is 0.399. The third-order valence-electron chi connectivity index (χ3n) is 2.71. The number of guanidine groups is 1. The predicted octanol–water partition coefficient (Wildman–Crippen LogP) is 0.390. The minimum atomic E-state index is 0.874. The summed E-state index contributed by atoms with van der Waals surface area (Å²) in [5.41, 5.74) is 0. The maximum Gasteiger partial charge on any atom is 0.190 e. The summed E-state index contributed by atoms with van der Waals surface area (Å²) < 4.78 is 1.94. The maximum atomic E-state index is 4.20. The second-order valence-corrected chi connectivity index (χ2v) is 4.71. The Hall–Kier alpha value is -1.56. The molecule has 0 spiro atoms. The Morgan fingerprint density at radius 3 is 2.58 bits per heavy atom. The summed E-state index contributed by atoms with van der Waals surface area (Å²) in [6, 6.07) is 1.94. The van der Waals surface area contributed by atoms with Gasteiger partial charge >= 0.3 is 0 Å². The first kappa shape index (κ1) is 15.5. The van der Waals surface area contributed by atoms with E-state index in [0.717, 1.165) is 45.0 Å². The Kier molecular flexibility index (Phi) is 7.65. The Labute approximate surface area is 115 Å². The Morgan fingerprint density at radius 2 is 2.00 bits per heavy atom. The predicted molar refractivity (Wildman–Crippen MR) is 79.4 cm³/mol. The van der Waals surface area contributed by atoms with Crippen LogP contribution in [0.15, 0.2) is 23.5 Å². The van der Waals surface area contributed by atoms with Gasteiger partial charge in [0.05, 0.1) is 0 Å². The van der Waals surface area contributed by atoms with Crippen LogP contribution in [-0.4, -0.2) is 61.4 Å². The highest BCUT2D eigenvalue weighted by Gasteiger charge is 1.97. The highest BCUT2D eigenvalue weighted by molar-refractivity contribution is 5.79. The van der Waals surface area contributed by atoms with E-state index in [1.54, 1.807) is 13.2 Å². The monoisotopic (exact) mass is 266 g/mol. The number of hydrogen-bond acceptors (Lipinski definition) is 3. The van der Waals surface area contributed by atoms with Gasteiger partial charge in [-0.1, -0.05) is 0 Å². The lowest BCUT2D eigenvalue weighted by Crippen LogP contribution is -2.39. The van der Waals surface area contributed by atoms with Crippen LogP contribution in [0.2, 0.25) is 0 Å². The highest BCUT2D eigenvalue weighted by atomic mass is 15.3. The fourth-order valence-corrected chi connectivity index (χ4v) is 1.70. The van der Waals surface area contributed by atoms with E-state index in [-0.39, 0.29) is 0 Å². The number of nitrogens with one attached hydrogen (secondary N) is 2. The van der Waals surface area contributed by atoms with Gasteiger partial charge in [-0.2, -0.15) is 5.10 Å². The third-order valence-corrected chi connectivity index (χ3v) is 2.71. The molecule has 0 atom stereocenters. The topological polar surface area (TPSA) is 57.5 Å². The molecule has 6 heteroatoms. The second-order valence-electron chi connectivity index (χ2n) is 4.71. The van der Waals surface area contributed by atoms with E-state index in [4.69, 9.17) is 0 Å². The molecule has 0 fully saturated rings. The van der Waals surface area contributed by atoms with Crippen molar-refractivity contribution < 1.29 is 0 Å². The van der Waals surface area contributed by atoms with E-state index in [0.29, 0.717) is 0 Å². The molecule has 0 radical (unpaired) electrons. The standard InChI is InChI=1S/C13H26N6/c1-14-13(15-7-4-10-18(2)3)16-8-5-11-19-12-6-9-17-19/h6,9,12H,4-5,7-8,10-11H2,1-3H3,(H2,14,15,16). The first-order valence-corrected chi connectivity index (χ1v) is 6.79. The van der Waals surface area contributed by atoms with Gasteiger partial charge in [-0.05, 0) is 39.5 Å². The van der Waals surface area contributed by atoms with Crippen molar-refractivity contribution in [1.29, 1.82) is 0 Å². The number of nitrogens with zero attached hydrogens (tertiary/aromatic N) is 4. The van der Waals surface area contributed by atoms with E-state index in [1.165, 1.54) is 0 Å². The van der Waals surface area contributed by atoms with Crippen LogP contribution >= 0.6 is 0 Å². The van der Waals surface area contributed by atoms with Gasteiger partial charge in [0.1, 0.15) is 0 Å². The quantitative estimate of drug-likeness (QED) is 0.406. The van der Waals surface area contributed by atoms with Gasteiger partial charge < -0.3 is 15.5 Å². The molecule has 0 amide bonds. The smallest absolute Gasteiger partial charge is 0.190 e. The number of rotatable bonds is 8. The van der Waals surface area contributed by atoms with Crippen molar-refractivity contribution in [2.75, 3.05) is 40.8 Å². The summed E-state index contributed by atoms with van der Waals surface area (Å²) in [5, 5.41) is 10.8. The zero-order chi connectivity index (χ0) is 13.9. The van der Waals surface area contributed by atoms with Crippen molar-refractivity contribution in [2.24, 2.45) is 4.99 Å². The molecular formula is C13H26N6. The average Bonchev–Trinajstić information content (AvgIpc) is 2.89. The molecule has 1 rings (SSSR count). The van der Waals surface area contributed by atoms with Gasteiger partial charge in [0.15, 0.2) is 5.96 Å². The summed E-state index contributed by atoms with van der Waals surface area (Å²) in [4.78, 5) is 6.38. The fraction of sp³-hybridized carbons (Fsp3) is 0.692. The van der Waals surface area contributed by atoms with Gasteiger partial charge in [-0.15, -0.1) is 0 Å². The van der Waals surface area contributed by atoms with Crippen molar-refractivity contribution in [3.8, 4) is 0 Å². The summed E-state index contributed by atoms with van der Waals surface area (Å²) in [5.74, 6) is 0.874. The molecule has 2 N–H and O–H groups in total. The van der Waals surface area contributed by atoms with Crippen LogP contribution in [0.1, 0.15) is 12.8 Å². The molecule has 0 saturated heterocycles. The van der Waals surface area contributed by atoms with E-state index in [2.05, 4.69) is 39.7 Å². The number of aliphatic imine (C=N–C) groups is 1. The molecule has 0 unspecified atom stereocenters. The van der Waals surface area contributed by atoms with Crippen LogP contribution in [0.4, 0.5) is 0 Å². The molecule has 0 aromatic carbocycles. The lowest BCUT2D eigenvalue weighted by atomic mass is 10.4. The van der Waals surface area contributed by atoms with Gasteiger partial charge in [-0.3, -0.25) is 9.67 Å². The van der Waals surface area contributed by atoms with Gasteiger partial charge in [-0.25, -0.2) is 0 Å². The molecule has 0 aliphatic carbocycles. The van der Waals surface area contributed by atoms with E-state index in [1.807, 2.05) is 16.9 Å². The summed E-state index contributed by atoms with van der Waals surface area (Å²) in [6.07, 6.45) is 5.92. The van der Waals surface area contributed by atoms with E-state index >= 15 is 0 Å². The average molecular weight is 266 g/mol. The molecule has 1 aromatic rings. The second kappa shape index (κ2) is 9.38. The zero-order valence-corrected chi connectivity index (χ0v) is 12.3. The largest absolute Gasteiger partial charge is 0.356 e.